The van der Waals surface area contributed by atoms with Gasteiger partial charge < -0.3 is 24.5 Å². The molecule has 5 heterocycles. The smallest absolute Gasteiger partial charge is 0.357 e. The number of morpholine rings is 1. The van der Waals surface area contributed by atoms with E-state index in [0.29, 0.717) is 60.8 Å². The second-order valence-corrected chi connectivity index (χ2v) is 16.6. The van der Waals surface area contributed by atoms with Crippen LogP contribution in [0.25, 0.3) is 11.3 Å². The van der Waals surface area contributed by atoms with Crippen molar-refractivity contribution in [1.82, 2.24) is 34.6 Å². The summed E-state index contributed by atoms with van der Waals surface area (Å²) >= 11 is 6.70. The predicted molar refractivity (Wildman–Crippen MR) is 217 cm³/mol. The number of hydrogen-bond donors (Lipinski definition) is 1. The summed E-state index contributed by atoms with van der Waals surface area (Å²) < 4.78 is 15.9. The standard InChI is InChI=1S/C42H50ClN9O5/c1-28-9-7-8-18-49(28)40-46-45-38-17-13-31(26-50(38)40)57-36-16-15-35(32-10-5-6-11-33(32)36)44-41(54)52(56-27-53)39-24-37(42(2,3)4)47-51(39)30-12-14-34(43)29(23-30)25-48-19-21-55-22-20-48/h5-6,10-14,17,23-24,26-28,35-36H,7-9,15-16,18-22,25H2,1-4H3,(H,44,54)/t28-,35-,36+/m0/s1. The molecule has 15 heteroatoms. The van der Waals surface area contributed by atoms with Gasteiger partial charge >= 0.3 is 12.5 Å². The van der Waals surface area contributed by atoms with Crippen molar-refractivity contribution in [2.24, 2.45) is 0 Å². The van der Waals surface area contributed by atoms with E-state index in [4.69, 9.17) is 31.0 Å². The Hall–Kier alpha value is -5.18. The molecule has 3 aliphatic rings. The number of benzene rings is 2. The highest BCUT2D eigenvalue weighted by Crippen LogP contribution is 2.40. The highest BCUT2D eigenvalue weighted by atomic mass is 35.5. The fourth-order valence-corrected chi connectivity index (χ4v) is 8.23. The molecule has 2 aromatic carbocycles. The first kappa shape index (κ1) is 38.7. The molecule has 5 aromatic rings. The number of rotatable bonds is 10. The van der Waals surface area contributed by atoms with Gasteiger partial charge in [-0.1, -0.05) is 56.6 Å². The number of piperidine rings is 1. The average molecular weight is 796 g/mol. The number of pyridine rings is 1. The number of fused-ring (bicyclic) bond motifs is 2. The molecule has 0 spiro atoms. The maximum Gasteiger partial charge on any atom is 0.357 e. The van der Waals surface area contributed by atoms with Crippen LogP contribution in [0.2, 0.25) is 5.02 Å². The largest absolute Gasteiger partial charge is 0.484 e. The molecule has 2 fully saturated rings. The van der Waals surface area contributed by atoms with Crippen molar-refractivity contribution in [3.05, 3.63) is 94.3 Å². The molecule has 2 amide bonds. The van der Waals surface area contributed by atoms with E-state index in [-0.39, 0.29) is 29.9 Å². The number of hydrogen-bond acceptors (Lipinski definition) is 10. The van der Waals surface area contributed by atoms with Crippen molar-refractivity contribution in [3.63, 3.8) is 0 Å². The summed E-state index contributed by atoms with van der Waals surface area (Å²) in [7, 11) is 0. The third-order valence-electron chi connectivity index (χ3n) is 11.2. The number of halogens is 1. The van der Waals surface area contributed by atoms with Crippen LogP contribution >= 0.6 is 11.6 Å². The van der Waals surface area contributed by atoms with Gasteiger partial charge in [-0.3, -0.25) is 14.1 Å². The minimum absolute atomic E-state index is 0.252. The number of nitrogens with one attached hydrogen (secondary N) is 1. The summed E-state index contributed by atoms with van der Waals surface area (Å²) in [6.45, 7) is 13.1. The van der Waals surface area contributed by atoms with E-state index >= 15 is 0 Å². The Kier molecular flexibility index (Phi) is 11.1. The SMILES string of the molecule is C[C@H]1CCCCN1c1nnc2ccc(O[C@@H]3CC[C@H](NC(=O)N(OC=O)c4cc(C(C)(C)C)nn4-c4ccc(Cl)c(CN5CCOCC5)c4)c4ccccc43)cn12. The van der Waals surface area contributed by atoms with E-state index < -0.39 is 6.03 Å². The Morgan fingerprint density at radius 3 is 2.58 bits per heavy atom. The number of carbonyl (C=O) groups excluding carboxylic acids is 2. The molecule has 2 aliphatic heterocycles. The number of amides is 2. The highest BCUT2D eigenvalue weighted by Gasteiger charge is 2.34. The van der Waals surface area contributed by atoms with Crippen LogP contribution in [0.1, 0.15) is 94.3 Å². The second kappa shape index (κ2) is 16.4. The van der Waals surface area contributed by atoms with Crippen molar-refractivity contribution in [2.75, 3.05) is 42.8 Å². The van der Waals surface area contributed by atoms with Gasteiger partial charge in [-0.15, -0.1) is 15.3 Å². The molecule has 0 saturated carbocycles. The molecular weight excluding hydrogens is 746 g/mol. The van der Waals surface area contributed by atoms with Gasteiger partial charge in [-0.25, -0.2) is 9.48 Å². The molecule has 0 bridgehead atoms. The summed E-state index contributed by atoms with van der Waals surface area (Å²) in [6.07, 6.45) is 6.41. The van der Waals surface area contributed by atoms with Crippen LogP contribution in [0.15, 0.2) is 66.9 Å². The number of carbonyl (C=O) groups is 2. The molecule has 300 valence electrons. The Balaban J connectivity index is 1.05. The Bertz CT molecular complexity index is 2230. The Labute approximate surface area is 337 Å². The molecule has 1 N–H and O–H groups in total. The molecule has 2 saturated heterocycles. The van der Waals surface area contributed by atoms with Crippen LogP contribution in [0.5, 0.6) is 5.75 Å². The number of hydroxylamine groups is 1. The first-order chi connectivity index (χ1) is 27.6. The van der Waals surface area contributed by atoms with E-state index in [2.05, 4.69) is 32.2 Å². The number of aromatic nitrogens is 5. The fraction of sp³-hybridized carbons (Fsp3) is 0.452. The molecule has 0 radical (unpaired) electrons. The molecule has 3 atom stereocenters. The predicted octanol–water partition coefficient (Wildman–Crippen LogP) is 7.34. The zero-order chi connectivity index (χ0) is 39.7. The van der Waals surface area contributed by atoms with E-state index in [0.717, 1.165) is 65.8 Å². The van der Waals surface area contributed by atoms with Gasteiger partial charge in [0.05, 0.1) is 36.8 Å². The molecular formula is C42H50ClN9O5. The molecule has 1 aliphatic carbocycles. The van der Waals surface area contributed by atoms with Gasteiger partial charge in [0.25, 0.3) is 0 Å². The third-order valence-corrected chi connectivity index (χ3v) is 11.6. The van der Waals surface area contributed by atoms with Crippen LogP contribution in [0, 0.1) is 0 Å². The lowest BCUT2D eigenvalue weighted by Gasteiger charge is -2.34. The van der Waals surface area contributed by atoms with Gasteiger partial charge in [0.2, 0.25) is 5.95 Å². The van der Waals surface area contributed by atoms with Crippen LogP contribution in [-0.4, -0.2) is 80.7 Å². The van der Waals surface area contributed by atoms with E-state index in [9.17, 15) is 9.59 Å². The van der Waals surface area contributed by atoms with Crippen molar-refractivity contribution < 1.29 is 23.9 Å². The van der Waals surface area contributed by atoms with Crippen LogP contribution in [0.3, 0.4) is 0 Å². The van der Waals surface area contributed by atoms with Gasteiger partial charge in [0.15, 0.2) is 11.5 Å². The van der Waals surface area contributed by atoms with Gasteiger partial charge in [0.1, 0.15) is 11.9 Å². The number of ether oxygens (including phenoxy) is 2. The van der Waals surface area contributed by atoms with Crippen molar-refractivity contribution >= 4 is 41.5 Å². The van der Waals surface area contributed by atoms with Crippen LogP contribution < -0.4 is 20.0 Å². The first-order valence-corrected chi connectivity index (χ1v) is 20.2. The summed E-state index contributed by atoms with van der Waals surface area (Å²) in [5.74, 6) is 1.81. The van der Waals surface area contributed by atoms with Gasteiger partial charge in [-0.2, -0.15) is 5.10 Å². The Morgan fingerprint density at radius 1 is 1.00 bits per heavy atom. The minimum Gasteiger partial charge on any atom is -0.484 e. The van der Waals surface area contributed by atoms with E-state index in [1.54, 1.807) is 10.7 Å². The number of anilines is 2. The van der Waals surface area contributed by atoms with Crippen molar-refractivity contribution in [2.45, 2.75) is 89.9 Å². The Morgan fingerprint density at radius 2 is 1.81 bits per heavy atom. The normalized spacial score (nSPS) is 20.2. The average Bonchev–Trinajstić information content (AvgIpc) is 3.85. The third kappa shape index (κ3) is 8.16. The second-order valence-electron chi connectivity index (χ2n) is 16.2. The number of nitrogens with zero attached hydrogens (tertiary/aromatic N) is 8. The molecule has 8 rings (SSSR count). The van der Waals surface area contributed by atoms with Gasteiger partial charge in [-0.05, 0) is 86.1 Å². The van der Waals surface area contributed by atoms with Gasteiger partial charge in [0, 0.05) is 48.7 Å². The molecule has 3 aromatic heterocycles. The van der Waals surface area contributed by atoms with Crippen molar-refractivity contribution in [3.8, 4) is 11.4 Å². The lowest BCUT2D eigenvalue weighted by molar-refractivity contribution is -0.129. The van der Waals surface area contributed by atoms with Crippen LogP contribution in [0.4, 0.5) is 16.6 Å². The summed E-state index contributed by atoms with van der Waals surface area (Å²) in [4.78, 5) is 36.4. The minimum atomic E-state index is -0.608. The molecule has 0 unspecified atom stereocenters. The van der Waals surface area contributed by atoms with E-state index in [1.165, 1.54) is 6.42 Å². The maximum atomic E-state index is 14.3. The fourth-order valence-electron chi connectivity index (χ4n) is 8.05. The van der Waals surface area contributed by atoms with Crippen molar-refractivity contribution in [1.29, 1.82) is 0 Å². The number of urea groups is 1. The van der Waals surface area contributed by atoms with E-state index in [1.807, 2.05) is 86.0 Å². The summed E-state index contributed by atoms with van der Waals surface area (Å²) in [6, 6.07) is 18.7. The topological polar surface area (TPSA) is 132 Å². The highest BCUT2D eigenvalue weighted by molar-refractivity contribution is 6.31. The lowest BCUT2D eigenvalue weighted by Crippen LogP contribution is -2.43. The zero-order valence-corrected chi connectivity index (χ0v) is 33.7. The first-order valence-electron chi connectivity index (χ1n) is 19.8. The summed E-state index contributed by atoms with van der Waals surface area (Å²) in [5.41, 5.74) is 4.58. The summed E-state index contributed by atoms with van der Waals surface area (Å²) in [5, 5.41) is 18.7. The quantitative estimate of drug-likeness (QED) is 0.113. The molecule has 57 heavy (non-hydrogen) atoms. The monoisotopic (exact) mass is 795 g/mol. The van der Waals surface area contributed by atoms with Crippen LogP contribution in [-0.2, 0) is 26.3 Å². The lowest BCUT2D eigenvalue weighted by atomic mass is 9.85. The molecule has 14 nitrogen and oxygen atoms in total. The zero-order valence-electron chi connectivity index (χ0n) is 32.9. The maximum absolute atomic E-state index is 14.3.